The minimum absolute atomic E-state index is 0.00648. The van der Waals surface area contributed by atoms with Crippen molar-refractivity contribution in [1.82, 2.24) is 9.80 Å². The first-order valence-electron chi connectivity index (χ1n) is 7.09. The Hall–Kier alpha value is -0.650. The van der Waals surface area contributed by atoms with Crippen molar-refractivity contribution in [2.45, 2.75) is 25.4 Å². The van der Waals surface area contributed by atoms with Crippen LogP contribution in [-0.2, 0) is 14.3 Å². The first-order valence-corrected chi connectivity index (χ1v) is 7.09. The van der Waals surface area contributed by atoms with E-state index >= 15 is 0 Å². The number of rotatable bonds is 4. The molecule has 2 rings (SSSR count). The molecule has 19 heavy (non-hydrogen) atoms. The van der Waals surface area contributed by atoms with Crippen molar-refractivity contribution in [3.8, 4) is 0 Å². The summed E-state index contributed by atoms with van der Waals surface area (Å²) in [5.74, 6) is 0.00648. The third-order valence-corrected chi connectivity index (χ3v) is 4.36. The second kappa shape index (κ2) is 6.20. The summed E-state index contributed by atoms with van der Waals surface area (Å²) in [5, 5.41) is 0. The van der Waals surface area contributed by atoms with Crippen LogP contribution in [0.25, 0.3) is 0 Å². The molecule has 2 heterocycles. The fourth-order valence-electron chi connectivity index (χ4n) is 2.85. The Morgan fingerprint density at radius 3 is 2.74 bits per heavy atom. The lowest BCUT2D eigenvalue weighted by Gasteiger charge is -2.36. The van der Waals surface area contributed by atoms with Crippen LogP contribution in [0.1, 0.15) is 19.3 Å². The number of carbonyl (C=O) groups excluding carboxylic acids is 1. The zero-order valence-corrected chi connectivity index (χ0v) is 12.4. The highest BCUT2D eigenvalue weighted by molar-refractivity contribution is 5.76. The lowest BCUT2D eigenvalue weighted by atomic mass is 9.77. The summed E-state index contributed by atoms with van der Waals surface area (Å²) in [6.45, 7) is 3.88. The molecule has 0 radical (unpaired) electrons. The Morgan fingerprint density at radius 2 is 2.11 bits per heavy atom. The maximum absolute atomic E-state index is 11.4. The third-order valence-electron chi connectivity index (χ3n) is 4.36. The van der Waals surface area contributed by atoms with Gasteiger partial charge in [-0.15, -0.1) is 0 Å². The predicted octanol–water partition coefficient (Wildman–Crippen LogP) is 0.592. The van der Waals surface area contributed by atoms with Gasteiger partial charge >= 0.3 is 0 Å². The number of likely N-dealkylation sites (N-methyl/N-ethyl adjacent to an activating group) is 1. The lowest BCUT2D eigenvalue weighted by molar-refractivity contribution is -0.134. The normalized spacial score (nSPS) is 26.8. The topological polar surface area (TPSA) is 42.0 Å². The highest BCUT2D eigenvalue weighted by Gasteiger charge is 2.41. The average Bonchev–Trinajstić information content (AvgIpc) is 2.77. The number of nitrogens with zero attached hydrogens (tertiary/aromatic N) is 2. The summed E-state index contributed by atoms with van der Waals surface area (Å²) >= 11 is 0. The van der Waals surface area contributed by atoms with Crippen LogP contribution in [-0.4, -0.2) is 75.9 Å². The lowest BCUT2D eigenvalue weighted by Crippen LogP contribution is -2.38. The van der Waals surface area contributed by atoms with Gasteiger partial charge in [-0.3, -0.25) is 4.79 Å². The first-order chi connectivity index (χ1) is 9.01. The van der Waals surface area contributed by atoms with Crippen molar-refractivity contribution in [3.05, 3.63) is 0 Å². The van der Waals surface area contributed by atoms with Crippen LogP contribution < -0.4 is 0 Å². The summed E-state index contributed by atoms with van der Waals surface area (Å²) in [7, 11) is 5.66. The molecule has 0 aromatic heterocycles. The fraction of sp³-hybridized carbons (Fsp3) is 0.929. The van der Waals surface area contributed by atoms with E-state index in [1.54, 1.807) is 19.0 Å². The summed E-state index contributed by atoms with van der Waals surface area (Å²) in [5.41, 5.74) is 0.367. The molecule has 0 aromatic carbocycles. The van der Waals surface area contributed by atoms with Crippen molar-refractivity contribution in [2.24, 2.45) is 5.41 Å². The van der Waals surface area contributed by atoms with E-state index in [9.17, 15) is 4.79 Å². The predicted molar refractivity (Wildman–Crippen MR) is 73.0 cm³/mol. The van der Waals surface area contributed by atoms with E-state index in [-0.39, 0.29) is 18.6 Å². The number of hydrogen-bond acceptors (Lipinski definition) is 4. The summed E-state index contributed by atoms with van der Waals surface area (Å²) in [6, 6.07) is 0. The molecule has 0 N–H and O–H groups in total. The zero-order valence-electron chi connectivity index (χ0n) is 12.4. The Bertz CT molecular complexity index is 312. The first kappa shape index (κ1) is 14.8. The number of carbonyl (C=O) groups is 1. The monoisotopic (exact) mass is 270 g/mol. The number of likely N-dealkylation sites (tertiary alicyclic amines) is 1. The molecule has 0 saturated carbocycles. The van der Waals surface area contributed by atoms with Gasteiger partial charge in [0.15, 0.2) is 0 Å². The third kappa shape index (κ3) is 3.91. The summed E-state index contributed by atoms with van der Waals surface area (Å²) in [6.07, 6.45) is 3.68. The molecule has 110 valence electrons. The van der Waals surface area contributed by atoms with E-state index < -0.39 is 0 Å². The molecule has 2 saturated heterocycles. The maximum Gasteiger partial charge on any atom is 0.248 e. The Balaban J connectivity index is 1.69. The van der Waals surface area contributed by atoms with Crippen LogP contribution >= 0.6 is 0 Å². The molecular formula is C14H26N2O3. The second-order valence-electron chi connectivity index (χ2n) is 6.24. The van der Waals surface area contributed by atoms with Gasteiger partial charge < -0.3 is 19.3 Å². The molecule has 2 fully saturated rings. The van der Waals surface area contributed by atoms with Gasteiger partial charge in [0.05, 0.1) is 19.3 Å². The van der Waals surface area contributed by atoms with Crippen molar-refractivity contribution >= 4 is 5.91 Å². The number of piperidine rings is 1. The van der Waals surface area contributed by atoms with Crippen molar-refractivity contribution in [2.75, 3.05) is 54.1 Å². The number of amides is 1. The van der Waals surface area contributed by atoms with E-state index in [4.69, 9.17) is 9.47 Å². The van der Waals surface area contributed by atoms with Crippen LogP contribution in [0.3, 0.4) is 0 Å². The Morgan fingerprint density at radius 1 is 1.42 bits per heavy atom. The van der Waals surface area contributed by atoms with E-state index in [2.05, 4.69) is 11.9 Å². The molecule has 1 atom stereocenters. The quantitative estimate of drug-likeness (QED) is 0.750. The van der Waals surface area contributed by atoms with Gasteiger partial charge in [-0.1, -0.05) is 0 Å². The molecule has 0 aliphatic carbocycles. The van der Waals surface area contributed by atoms with Gasteiger partial charge in [0.2, 0.25) is 5.91 Å². The molecule has 0 bridgehead atoms. The number of hydrogen-bond donors (Lipinski definition) is 0. The van der Waals surface area contributed by atoms with Crippen molar-refractivity contribution in [3.63, 3.8) is 0 Å². The summed E-state index contributed by atoms with van der Waals surface area (Å²) in [4.78, 5) is 15.3. The van der Waals surface area contributed by atoms with E-state index in [0.717, 1.165) is 26.1 Å². The molecule has 0 unspecified atom stereocenters. The fourth-order valence-corrected chi connectivity index (χ4v) is 2.85. The molecule has 5 heteroatoms. The molecule has 5 nitrogen and oxygen atoms in total. The highest BCUT2D eigenvalue weighted by Crippen LogP contribution is 2.41. The molecule has 0 aromatic rings. The zero-order chi connectivity index (χ0) is 13.9. The molecule has 2 aliphatic heterocycles. The van der Waals surface area contributed by atoms with Gasteiger partial charge in [0, 0.05) is 14.1 Å². The van der Waals surface area contributed by atoms with E-state index in [0.29, 0.717) is 12.0 Å². The second-order valence-corrected chi connectivity index (χ2v) is 6.24. The summed E-state index contributed by atoms with van der Waals surface area (Å²) < 4.78 is 11.3. The van der Waals surface area contributed by atoms with Crippen molar-refractivity contribution in [1.29, 1.82) is 0 Å². The smallest absolute Gasteiger partial charge is 0.248 e. The highest BCUT2D eigenvalue weighted by atomic mass is 16.5. The molecule has 1 spiro atoms. The van der Waals surface area contributed by atoms with Gasteiger partial charge in [-0.25, -0.2) is 0 Å². The van der Waals surface area contributed by atoms with Crippen LogP contribution in [0.2, 0.25) is 0 Å². The van der Waals surface area contributed by atoms with Crippen LogP contribution in [0.4, 0.5) is 0 Å². The van der Waals surface area contributed by atoms with E-state index in [1.807, 2.05) is 0 Å². The van der Waals surface area contributed by atoms with E-state index in [1.165, 1.54) is 12.8 Å². The SMILES string of the molecule is CN1CCC2(CC1)CO[C@H](COCC(=O)N(C)C)C2. The maximum atomic E-state index is 11.4. The van der Waals surface area contributed by atoms with Crippen LogP contribution in [0, 0.1) is 5.41 Å². The largest absolute Gasteiger partial charge is 0.375 e. The molecule has 2 aliphatic rings. The standard InChI is InChI=1S/C14H26N2O3/c1-15(2)13(17)10-18-9-12-8-14(11-19-12)4-6-16(3)7-5-14/h12H,4-11H2,1-3H3/t12-/m0/s1. The molecular weight excluding hydrogens is 244 g/mol. The van der Waals surface area contributed by atoms with Gasteiger partial charge in [0.1, 0.15) is 6.61 Å². The van der Waals surface area contributed by atoms with Gasteiger partial charge in [-0.05, 0) is 44.8 Å². The van der Waals surface area contributed by atoms with Crippen LogP contribution in [0.15, 0.2) is 0 Å². The van der Waals surface area contributed by atoms with Gasteiger partial charge in [0.25, 0.3) is 0 Å². The Kier molecular flexibility index (Phi) is 4.81. The Labute approximate surface area is 115 Å². The number of ether oxygens (including phenoxy) is 2. The minimum atomic E-state index is 0.00648. The van der Waals surface area contributed by atoms with Crippen LogP contribution in [0.5, 0.6) is 0 Å². The minimum Gasteiger partial charge on any atom is -0.375 e. The van der Waals surface area contributed by atoms with Gasteiger partial charge in [-0.2, -0.15) is 0 Å². The van der Waals surface area contributed by atoms with Crippen molar-refractivity contribution < 1.29 is 14.3 Å². The average molecular weight is 270 g/mol. The molecule has 1 amide bonds.